The summed E-state index contributed by atoms with van der Waals surface area (Å²) in [5.41, 5.74) is 6.96. The Morgan fingerprint density at radius 1 is 1.00 bits per heavy atom. The summed E-state index contributed by atoms with van der Waals surface area (Å²) in [6, 6.07) is 16.3. The normalized spacial score (nSPS) is 19.8. The molecule has 0 spiro atoms. The van der Waals surface area contributed by atoms with Crippen LogP contribution in [0, 0.1) is 6.92 Å². The van der Waals surface area contributed by atoms with Crippen molar-refractivity contribution in [2.75, 3.05) is 5.32 Å². The van der Waals surface area contributed by atoms with Crippen LogP contribution in [-0.4, -0.2) is 11.5 Å². The molecule has 1 aliphatic carbocycles. The van der Waals surface area contributed by atoms with E-state index in [2.05, 4.69) is 30.4 Å². The van der Waals surface area contributed by atoms with E-state index in [0.717, 1.165) is 34.8 Å². The number of anilines is 1. The highest BCUT2D eigenvalue weighted by Gasteiger charge is 2.33. The van der Waals surface area contributed by atoms with Crippen molar-refractivity contribution in [2.45, 2.75) is 32.6 Å². The van der Waals surface area contributed by atoms with Crippen molar-refractivity contribution >= 4 is 22.9 Å². The van der Waals surface area contributed by atoms with Crippen LogP contribution in [0.1, 0.15) is 36.8 Å². The first-order valence-corrected chi connectivity index (χ1v) is 8.37. The largest absolute Gasteiger partial charge is 0.357 e. The lowest BCUT2D eigenvalue weighted by atomic mass is 9.77. The van der Waals surface area contributed by atoms with Crippen molar-refractivity contribution in [3.63, 3.8) is 0 Å². The minimum Gasteiger partial charge on any atom is -0.357 e. The molecule has 120 valence electrons. The zero-order chi connectivity index (χ0) is 16.7. The number of para-hydroxylation sites is 2. The second-order valence-corrected chi connectivity index (χ2v) is 6.59. The van der Waals surface area contributed by atoms with Crippen LogP contribution in [0.3, 0.4) is 0 Å². The van der Waals surface area contributed by atoms with Crippen LogP contribution >= 0.6 is 0 Å². The molecule has 1 atom stereocenters. The molecule has 0 saturated heterocycles. The number of rotatable bonds is 1. The first kappa shape index (κ1) is 14.9. The molecule has 3 heteroatoms. The molecule has 4 rings (SSSR count). The monoisotopic (exact) mass is 316 g/mol. The highest BCUT2D eigenvalue weighted by atomic mass is 16.1. The Balaban J connectivity index is 1.80. The van der Waals surface area contributed by atoms with Gasteiger partial charge in [0.15, 0.2) is 5.78 Å². The van der Waals surface area contributed by atoms with Gasteiger partial charge < -0.3 is 5.32 Å². The molecular weight excluding hydrogens is 296 g/mol. The van der Waals surface area contributed by atoms with Crippen LogP contribution in [0.4, 0.5) is 11.4 Å². The number of fused-ring (bicyclic) bond motifs is 2. The van der Waals surface area contributed by atoms with Crippen LogP contribution in [0.5, 0.6) is 0 Å². The van der Waals surface area contributed by atoms with E-state index in [1.807, 2.05) is 37.3 Å². The van der Waals surface area contributed by atoms with Crippen molar-refractivity contribution in [3.05, 3.63) is 70.9 Å². The lowest BCUT2D eigenvalue weighted by Crippen LogP contribution is -2.27. The number of nitrogens with zero attached hydrogens (tertiary/aromatic N) is 1. The zero-order valence-corrected chi connectivity index (χ0v) is 14.0. The van der Waals surface area contributed by atoms with Gasteiger partial charge >= 0.3 is 0 Å². The summed E-state index contributed by atoms with van der Waals surface area (Å²) in [5.74, 6) is 0.394. The molecular formula is C21H20N2O. The van der Waals surface area contributed by atoms with Gasteiger partial charge in [-0.25, -0.2) is 0 Å². The number of aliphatic imine (C=N–C) groups is 1. The Morgan fingerprint density at radius 2 is 1.75 bits per heavy atom. The molecule has 1 aliphatic heterocycles. The molecule has 1 N–H and O–H groups in total. The number of ketones is 1. The van der Waals surface area contributed by atoms with Crippen LogP contribution in [0.15, 0.2) is 64.8 Å². The van der Waals surface area contributed by atoms with Gasteiger partial charge in [0, 0.05) is 12.1 Å². The molecule has 2 aromatic rings. The van der Waals surface area contributed by atoms with Crippen LogP contribution in [0.25, 0.3) is 0 Å². The first-order chi connectivity index (χ1) is 11.6. The third-order valence-corrected chi connectivity index (χ3v) is 4.92. The predicted molar refractivity (Wildman–Crippen MR) is 98.0 cm³/mol. The lowest BCUT2D eigenvalue weighted by Gasteiger charge is -2.26. The molecule has 2 aromatic carbocycles. The molecule has 3 nitrogen and oxygen atoms in total. The number of aryl methyl sites for hydroxylation is 1. The number of benzene rings is 2. The number of allylic oxidation sites excluding steroid dienone is 2. The Kier molecular flexibility index (Phi) is 3.57. The average Bonchev–Trinajstić information content (AvgIpc) is 2.70. The van der Waals surface area contributed by atoms with Crippen molar-refractivity contribution in [3.8, 4) is 0 Å². The molecule has 24 heavy (non-hydrogen) atoms. The fourth-order valence-electron chi connectivity index (χ4n) is 3.77. The van der Waals surface area contributed by atoms with Crippen molar-refractivity contribution < 1.29 is 4.79 Å². The number of Topliss-reactive ketones (excluding diaryl/α,β-unsaturated/α-hetero) is 1. The van der Waals surface area contributed by atoms with Crippen molar-refractivity contribution in [2.24, 2.45) is 4.99 Å². The molecule has 2 aliphatic rings. The summed E-state index contributed by atoms with van der Waals surface area (Å²) < 4.78 is 0. The SMILES string of the molecule is CC1=C2C(=O)C[C@@H](c3ccccc3C)CC2=Nc2ccccc2N1. The minimum absolute atomic E-state index is 0.186. The summed E-state index contributed by atoms with van der Waals surface area (Å²) in [5, 5.41) is 3.36. The highest BCUT2D eigenvalue weighted by molar-refractivity contribution is 6.26. The minimum atomic E-state index is 0.186. The molecule has 1 fully saturated rings. The van der Waals surface area contributed by atoms with Crippen LogP contribution in [-0.2, 0) is 4.79 Å². The maximum Gasteiger partial charge on any atom is 0.167 e. The third-order valence-electron chi connectivity index (χ3n) is 4.92. The summed E-state index contributed by atoms with van der Waals surface area (Å²) in [6.07, 6.45) is 1.36. The van der Waals surface area contributed by atoms with Gasteiger partial charge in [0.25, 0.3) is 0 Å². The van der Waals surface area contributed by atoms with Crippen molar-refractivity contribution in [1.82, 2.24) is 0 Å². The molecule has 0 amide bonds. The van der Waals surface area contributed by atoms with Crippen LogP contribution < -0.4 is 5.32 Å². The Bertz CT molecular complexity index is 892. The van der Waals surface area contributed by atoms with E-state index in [9.17, 15) is 4.79 Å². The van der Waals surface area contributed by atoms with Gasteiger partial charge in [-0.2, -0.15) is 0 Å². The molecule has 0 aromatic heterocycles. The number of hydrogen-bond donors (Lipinski definition) is 1. The van der Waals surface area contributed by atoms with Gasteiger partial charge in [0.1, 0.15) is 0 Å². The van der Waals surface area contributed by atoms with Crippen LogP contribution in [0.2, 0.25) is 0 Å². The second-order valence-electron chi connectivity index (χ2n) is 6.59. The topological polar surface area (TPSA) is 41.5 Å². The molecule has 1 saturated carbocycles. The lowest BCUT2D eigenvalue weighted by molar-refractivity contribution is -0.115. The smallest absolute Gasteiger partial charge is 0.167 e. The van der Waals surface area contributed by atoms with E-state index in [4.69, 9.17) is 4.99 Å². The fraction of sp³-hybridized carbons (Fsp3) is 0.238. The number of carbonyl (C=O) groups excluding carboxylic acids is 1. The standard InChI is InChI=1S/C21H20N2O/c1-13-7-3-4-8-16(13)15-11-19-21(20(24)12-15)14(2)22-17-9-5-6-10-18(17)23-19/h3-10,15,22H,11-12H2,1-2H3/t15-/m0/s1. The summed E-state index contributed by atoms with van der Waals surface area (Å²) in [4.78, 5) is 17.7. The predicted octanol–water partition coefficient (Wildman–Crippen LogP) is 4.91. The average molecular weight is 316 g/mol. The van der Waals surface area contributed by atoms with Gasteiger partial charge in [-0.3, -0.25) is 9.79 Å². The Morgan fingerprint density at radius 3 is 2.58 bits per heavy atom. The van der Waals surface area contributed by atoms with Crippen molar-refractivity contribution in [1.29, 1.82) is 0 Å². The fourth-order valence-corrected chi connectivity index (χ4v) is 3.77. The first-order valence-electron chi connectivity index (χ1n) is 8.37. The van der Waals surface area contributed by atoms with E-state index in [1.54, 1.807) is 0 Å². The molecule has 1 heterocycles. The third kappa shape index (κ3) is 2.46. The van der Waals surface area contributed by atoms with Gasteiger partial charge in [0.2, 0.25) is 0 Å². The summed E-state index contributed by atoms with van der Waals surface area (Å²) >= 11 is 0. The number of hydrogen-bond acceptors (Lipinski definition) is 3. The number of nitrogens with one attached hydrogen (secondary N) is 1. The van der Waals surface area contributed by atoms with Gasteiger partial charge in [-0.15, -0.1) is 0 Å². The summed E-state index contributed by atoms with van der Waals surface area (Å²) in [6.45, 7) is 4.08. The second kappa shape index (κ2) is 5.75. The van der Waals surface area contributed by atoms with E-state index >= 15 is 0 Å². The Hall–Kier alpha value is -2.68. The Labute approximate surface area is 142 Å². The maximum absolute atomic E-state index is 12.9. The molecule has 0 bridgehead atoms. The van der Waals surface area contributed by atoms with E-state index in [1.165, 1.54) is 11.1 Å². The maximum atomic E-state index is 12.9. The van der Waals surface area contributed by atoms with E-state index < -0.39 is 0 Å². The van der Waals surface area contributed by atoms with E-state index in [0.29, 0.717) is 6.42 Å². The zero-order valence-electron chi connectivity index (χ0n) is 14.0. The highest BCUT2D eigenvalue weighted by Crippen LogP contribution is 2.39. The van der Waals surface area contributed by atoms with Gasteiger partial charge in [0.05, 0.1) is 22.7 Å². The summed E-state index contributed by atoms with van der Waals surface area (Å²) in [7, 11) is 0. The van der Waals surface area contributed by atoms with Gasteiger partial charge in [-0.05, 0) is 49.4 Å². The molecule has 0 radical (unpaired) electrons. The number of carbonyl (C=O) groups is 1. The quantitative estimate of drug-likeness (QED) is 0.812. The van der Waals surface area contributed by atoms with Gasteiger partial charge in [-0.1, -0.05) is 36.4 Å². The molecule has 0 unspecified atom stereocenters. The van der Waals surface area contributed by atoms with E-state index in [-0.39, 0.29) is 11.7 Å².